The highest BCUT2D eigenvalue weighted by molar-refractivity contribution is 7.71. The molecule has 6 heteroatoms. The van der Waals surface area contributed by atoms with E-state index in [9.17, 15) is 0 Å². The van der Waals surface area contributed by atoms with Crippen molar-refractivity contribution in [1.29, 1.82) is 5.26 Å². The topological polar surface area (TPSA) is 44.5 Å². The van der Waals surface area contributed by atoms with Crippen molar-refractivity contribution in [1.82, 2.24) is 9.55 Å². The number of H-pyrrole nitrogens is 1. The molecule has 2 aromatic carbocycles. The molecule has 98 valence electrons. The van der Waals surface area contributed by atoms with E-state index in [0.717, 1.165) is 11.0 Å². The summed E-state index contributed by atoms with van der Waals surface area (Å²) in [6.07, 6.45) is 0. The quantitative estimate of drug-likeness (QED) is 0.650. The van der Waals surface area contributed by atoms with E-state index in [1.165, 1.54) is 0 Å². The standard InChI is InChI=1S/C14H7Cl2N3S/c15-9-2-1-3-11(13(9)16)19-12-6-8(7-17)4-5-10(12)18-14(19)20/h1-6H,(H,18,20). The van der Waals surface area contributed by atoms with E-state index >= 15 is 0 Å². The Bertz CT molecular complexity index is 918. The molecule has 0 saturated heterocycles. The van der Waals surface area contributed by atoms with Crippen LogP contribution in [-0.4, -0.2) is 9.55 Å². The molecule has 0 aliphatic heterocycles. The van der Waals surface area contributed by atoms with Crippen LogP contribution in [0.2, 0.25) is 10.0 Å². The number of imidazole rings is 1. The van der Waals surface area contributed by atoms with Crippen LogP contribution in [0.25, 0.3) is 16.7 Å². The molecule has 0 aliphatic carbocycles. The zero-order valence-electron chi connectivity index (χ0n) is 10.0. The molecule has 1 aromatic heterocycles. The van der Waals surface area contributed by atoms with Crippen LogP contribution in [0.1, 0.15) is 5.56 Å². The van der Waals surface area contributed by atoms with E-state index in [1.807, 2.05) is 12.1 Å². The lowest BCUT2D eigenvalue weighted by atomic mass is 10.2. The maximum Gasteiger partial charge on any atom is 0.182 e. The summed E-state index contributed by atoms with van der Waals surface area (Å²) in [7, 11) is 0. The van der Waals surface area contributed by atoms with E-state index in [0.29, 0.717) is 26.1 Å². The van der Waals surface area contributed by atoms with Crippen LogP contribution in [0.4, 0.5) is 0 Å². The number of nitrogens with one attached hydrogen (secondary N) is 1. The first kappa shape index (κ1) is 13.2. The van der Waals surface area contributed by atoms with Crippen molar-refractivity contribution >= 4 is 46.5 Å². The van der Waals surface area contributed by atoms with Gasteiger partial charge in [-0.25, -0.2) is 0 Å². The molecule has 3 rings (SSSR count). The number of fused-ring (bicyclic) bond motifs is 1. The van der Waals surface area contributed by atoms with Crippen LogP contribution in [0.3, 0.4) is 0 Å². The second kappa shape index (κ2) is 4.95. The Balaban J connectivity index is 2.42. The van der Waals surface area contributed by atoms with E-state index < -0.39 is 0 Å². The molecule has 3 nitrogen and oxygen atoms in total. The van der Waals surface area contributed by atoms with Gasteiger partial charge in [0.2, 0.25) is 0 Å². The number of aromatic nitrogens is 2. The van der Waals surface area contributed by atoms with Gasteiger partial charge in [0.1, 0.15) is 0 Å². The highest BCUT2D eigenvalue weighted by Crippen LogP contribution is 2.31. The van der Waals surface area contributed by atoms with Crippen LogP contribution in [0, 0.1) is 16.1 Å². The van der Waals surface area contributed by atoms with Crippen molar-refractivity contribution in [3.05, 3.63) is 56.8 Å². The molecule has 0 amide bonds. The maximum atomic E-state index is 9.02. The van der Waals surface area contributed by atoms with Gasteiger partial charge in [-0.15, -0.1) is 0 Å². The first-order chi connectivity index (χ1) is 9.61. The SMILES string of the molecule is N#Cc1ccc2[nH]c(=S)n(-c3cccc(Cl)c3Cl)c2c1. The summed E-state index contributed by atoms with van der Waals surface area (Å²) in [6.45, 7) is 0. The fraction of sp³-hybridized carbons (Fsp3) is 0. The number of halogens is 2. The van der Waals surface area contributed by atoms with Gasteiger partial charge < -0.3 is 4.98 Å². The highest BCUT2D eigenvalue weighted by atomic mass is 35.5. The highest BCUT2D eigenvalue weighted by Gasteiger charge is 2.12. The molecule has 0 unspecified atom stereocenters. The summed E-state index contributed by atoms with van der Waals surface area (Å²) in [5, 5.41) is 9.90. The van der Waals surface area contributed by atoms with Crippen molar-refractivity contribution in [2.75, 3.05) is 0 Å². The van der Waals surface area contributed by atoms with Crippen molar-refractivity contribution in [2.45, 2.75) is 0 Å². The van der Waals surface area contributed by atoms with Crippen LogP contribution >= 0.6 is 35.4 Å². The normalized spacial score (nSPS) is 10.7. The lowest BCUT2D eigenvalue weighted by Crippen LogP contribution is -1.95. The third-order valence-corrected chi connectivity index (χ3v) is 4.08. The largest absolute Gasteiger partial charge is 0.330 e. The van der Waals surface area contributed by atoms with Crippen LogP contribution in [-0.2, 0) is 0 Å². The summed E-state index contributed by atoms with van der Waals surface area (Å²) < 4.78 is 2.28. The molecule has 20 heavy (non-hydrogen) atoms. The molecule has 0 radical (unpaired) electrons. The predicted molar refractivity (Wildman–Crippen MR) is 83.2 cm³/mol. The molecule has 1 N–H and O–H groups in total. The molecule has 0 atom stereocenters. The van der Waals surface area contributed by atoms with Gasteiger partial charge in [0.05, 0.1) is 38.4 Å². The van der Waals surface area contributed by atoms with Gasteiger partial charge >= 0.3 is 0 Å². The number of rotatable bonds is 1. The number of aromatic amines is 1. The monoisotopic (exact) mass is 319 g/mol. The minimum Gasteiger partial charge on any atom is -0.330 e. The predicted octanol–water partition coefficient (Wildman–Crippen LogP) is 4.87. The van der Waals surface area contributed by atoms with Crippen molar-refractivity contribution in [2.24, 2.45) is 0 Å². The van der Waals surface area contributed by atoms with Gasteiger partial charge in [-0.1, -0.05) is 29.3 Å². The van der Waals surface area contributed by atoms with Gasteiger partial charge in [-0.3, -0.25) is 4.57 Å². The zero-order valence-corrected chi connectivity index (χ0v) is 12.4. The number of benzene rings is 2. The minimum atomic E-state index is 0.425. The summed E-state index contributed by atoms with van der Waals surface area (Å²) in [6, 6.07) is 12.8. The fourth-order valence-corrected chi connectivity index (χ4v) is 2.76. The van der Waals surface area contributed by atoms with Gasteiger partial charge in [-0.2, -0.15) is 5.26 Å². The Morgan fingerprint density at radius 3 is 2.75 bits per heavy atom. The Labute approximate surface area is 130 Å². The third kappa shape index (κ3) is 2.01. The second-order valence-electron chi connectivity index (χ2n) is 4.18. The van der Waals surface area contributed by atoms with Crippen LogP contribution < -0.4 is 0 Å². The number of nitrogens with zero attached hydrogens (tertiary/aromatic N) is 2. The minimum absolute atomic E-state index is 0.425. The lowest BCUT2D eigenvalue weighted by Gasteiger charge is -2.08. The van der Waals surface area contributed by atoms with Gasteiger partial charge in [0, 0.05) is 0 Å². The molecule has 0 saturated carbocycles. The first-order valence-corrected chi connectivity index (χ1v) is 6.87. The molecule has 1 heterocycles. The first-order valence-electron chi connectivity index (χ1n) is 5.71. The number of nitriles is 1. The van der Waals surface area contributed by atoms with E-state index in [-0.39, 0.29) is 0 Å². The molecule has 0 spiro atoms. The van der Waals surface area contributed by atoms with E-state index in [2.05, 4.69) is 11.1 Å². The van der Waals surface area contributed by atoms with E-state index in [4.69, 9.17) is 40.7 Å². The summed E-state index contributed by atoms with van der Waals surface area (Å²) in [5.74, 6) is 0. The average molecular weight is 320 g/mol. The summed E-state index contributed by atoms with van der Waals surface area (Å²) in [5.41, 5.74) is 2.87. The lowest BCUT2D eigenvalue weighted by molar-refractivity contribution is 1.06. The van der Waals surface area contributed by atoms with Crippen molar-refractivity contribution in [3.8, 4) is 11.8 Å². The maximum absolute atomic E-state index is 9.02. The molecular weight excluding hydrogens is 313 g/mol. The molecule has 0 aliphatic rings. The fourth-order valence-electron chi connectivity index (χ4n) is 2.08. The summed E-state index contributed by atoms with van der Waals surface area (Å²) in [4.78, 5) is 3.09. The van der Waals surface area contributed by atoms with E-state index in [1.54, 1.807) is 28.8 Å². The summed E-state index contributed by atoms with van der Waals surface area (Å²) >= 11 is 17.6. The van der Waals surface area contributed by atoms with Crippen LogP contribution in [0.15, 0.2) is 36.4 Å². The Morgan fingerprint density at radius 1 is 1.20 bits per heavy atom. The van der Waals surface area contributed by atoms with Gasteiger partial charge in [-0.05, 0) is 42.5 Å². The Hall–Kier alpha value is -1.80. The molecule has 0 fully saturated rings. The van der Waals surface area contributed by atoms with Gasteiger partial charge in [0.25, 0.3) is 0 Å². The Kier molecular flexibility index (Phi) is 3.27. The smallest absolute Gasteiger partial charge is 0.182 e. The molecular formula is C14H7Cl2N3S. The average Bonchev–Trinajstić information content (AvgIpc) is 2.77. The number of hydrogen-bond acceptors (Lipinski definition) is 2. The van der Waals surface area contributed by atoms with Gasteiger partial charge in [0.15, 0.2) is 4.77 Å². The van der Waals surface area contributed by atoms with Crippen LogP contribution in [0.5, 0.6) is 0 Å². The van der Waals surface area contributed by atoms with Crippen molar-refractivity contribution < 1.29 is 0 Å². The zero-order chi connectivity index (χ0) is 14.3. The Morgan fingerprint density at radius 2 is 2.00 bits per heavy atom. The molecule has 3 aromatic rings. The van der Waals surface area contributed by atoms with Crippen molar-refractivity contribution in [3.63, 3.8) is 0 Å². The number of hydrogen-bond donors (Lipinski definition) is 1. The molecule has 0 bridgehead atoms. The second-order valence-corrected chi connectivity index (χ2v) is 5.35. The third-order valence-electron chi connectivity index (χ3n) is 2.98.